The summed E-state index contributed by atoms with van der Waals surface area (Å²) in [6.45, 7) is 5.42. The molecule has 0 spiro atoms. The van der Waals surface area contributed by atoms with Crippen LogP contribution in [0.3, 0.4) is 0 Å². The van der Waals surface area contributed by atoms with E-state index < -0.39 is 0 Å². The number of benzene rings is 3. The van der Waals surface area contributed by atoms with Crippen molar-refractivity contribution >= 4 is 16.7 Å². The van der Waals surface area contributed by atoms with Crippen LogP contribution in [0, 0.1) is 11.7 Å². The van der Waals surface area contributed by atoms with Crippen LogP contribution in [0.5, 0.6) is 0 Å². The van der Waals surface area contributed by atoms with Crippen molar-refractivity contribution < 1.29 is 13.9 Å². The molecule has 0 heterocycles. The summed E-state index contributed by atoms with van der Waals surface area (Å²) in [4.78, 5) is 11.6. The van der Waals surface area contributed by atoms with Gasteiger partial charge in [0.15, 0.2) is 0 Å². The topological polar surface area (TPSA) is 38.3 Å². The van der Waals surface area contributed by atoms with E-state index in [9.17, 15) is 9.18 Å². The number of hydrogen-bond acceptors (Lipinski definition) is 3. The maximum absolute atomic E-state index is 14.2. The Morgan fingerprint density at radius 3 is 2.58 bits per heavy atom. The first-order valence-corrected chi connectivity index (χ1v) is 12.2. The lowest BCUT2D eigenvalue weighted by molar-refractivity contribution is -0.143. The normalized spacial score (nSPS) is 19.0. The summed E-state index contributed by atoms with van der Waals surface area (Å²) < 4.78 is 19.2. The summed E-state index contributed by atoms with van der Waals surface area (Å²) in [5.41, 5.74) is 3.73. The molecular weight excluding hydrogens is 413 g/mol. The zero-order valence-electron chi connectivity index (χ0n) is 19.6. The Kier molecular flexibility index (Phi) is 7.77. The predicted octanol–water partition coefficient (Wildman–Crippen LogP) is 6.71. The van der Waals surface area contributed by atoms with Gasteiger partial charge < -0.3 is 10.1 Å². The van der Waals surface area contributed by atoms with Crippen molar-refractivity contribution in [3.8, 4) is 0 Å². The molecule has 1 saturated carbocycles. The largest absolute Gasteiger partial charge is 0.466 e. The highest BCUT2D eigenvalue weighted by atomic mass is 19.1. The Bertz CT molecular complexity index is 1080. The van der Waals surface area contributed by atoms with Crippen LogP contribution in [0.15, 0.2) is 60.7 Å². The van der Waals surface area contributed by atoms with Crippen LogP contribution in [0.4, 0.5) is 4.39 Å². The second kappa shape index (κ2) is 10.9. The van der Waals surface area contributed by atoms with Crippen molar-refractivity contribution in [2.45, 2.75) is 57.9 Å². The van der Waals surface area contributed by atoms with Gasteiger partial charge in [-0.3, -0.25) is 4.79 Å². The number of nitrogens with one attached hydrogen (secondary N) is 1. The monoisotopic (exact) mass is 447 g/mol. The number of carbonyl (C=O) groups excluding carboxylic acids is 1. The minimum absolute atomic E-state index is 0.129. The van der Waals surface area contributed by atoms with E-state index in [2.05, 4.69) is 36.5 Å². The van der Waals surface area contributed by atoms with Gasteiger partial charge in [0.25, 0.3) is 0 Å². The summed E-state index contributed by atoms with van der Waals surface area (Å²) in [5.74, 6) is 0.952. The Morgan fingerprint density at radius 1 is 1.06 bits per heavy atom. The van der Waals surface area contributed by atoms with Crippen LogP contribution >= 0.6 is 0 Å². The van der Waals surface area contributed by atoms with Crippen LogP contribution in [0.1, 0.15) is 68.2 Å². The van der Waals surface area contributed by atoms with E-state index in [1.165, 1.54) is 30.4 Å². The minimum Gasteiger partial charge on any atom is -0.466 e. The third-order valence-corrected chi connectivity index (χ3v) is 7.00. The fraction of sp³-hybridized carbons (Fsp3) is 0.414. The second-order valence-electron chi connectivity index (χ2n) is 9.23. The molecular formula is C29H34FNO2. The zero-order chi connectivity index (χ0) is 23.2. The van der Waals surface area contributed by atoms with Crippen LogP contribution in [0.2, 0.25) is 0 Å². The van der Waals surface area contributed by atoms with Crippen molar-refractivity contribution in [2.75, 3.05) is 13.2 Å². The Hall–Kier alpha value is -2.72. The minimum atomic E-state index is -0.160. The first kappa shape index (κ1) is 23.4. The summed E-state index contributed by atoms with van der Waals surface area (Å²) in [6.07, 6.45) is 4.78. The van der Waals surface area contributed by atoms with Gasteiger partial charge in [-0.15, -0.1) is 0 Å². The summed E-state index contributed by atoms with van der Waals surface area (Å²) in [6, 6.07) is 20.2. The van der Waals surface area contributed by atoms with Crippen LogP contribution < -0.4 is 5.32 Å². The molecule has 0 amide bonds. The number of esters is 1. The molecule has 0 saturated heterocycles. The van der Waals surface area contributed by atoms with E-state index in [0.717, 1.165) is 23.9 Å². The third-order valence-electron chi connectivity index (χ3n) is 7.00. The lowest BCUT2D eigenvalue weighted by atomic mass is 9.94. The highest BCUT2D eigenvalue weighted by Crippen LogP contribution is 2.38. The summed E-state index contributed by atoms with van der Waals surface area (Å²) >= 11 is 0. The van der Waals surface area contributed by atoms with Gasteiger partial charge in [0.05, 0.1) is 6.61 Å². The molecule has 3 atom stereocenters. The molecule has 174 valence electrons. The lowest BCUT2D eigenvalue weighted by Crippen LogP contribution is -2.25. The van der Waals surface area contributed by atoms with Gasteiger partial charge in [0.1, 0.15) is 5.82 Å². The molecule has 3 nitrogen and oxygen atoms in total. The summed E-state index contributed by atoms with van der Waals surface area (Å²) in [7, 11) is 0. The van der Waals surface area contributed by atoms with E-state index in [1.54, 1.807) is 6.07 Å². The molecule has 1 fully saturated rings. The number of rotatable bonds is 9. The number of ether oxygens (including phenoxy) is 1. The van der Waals surface area contributed by atoms with E-state index in [4.69, 9.17) is 4.74 Å². The lowest BCUT2D eigenvalue weighted by Gasteiger charge is -2.20. The van der Waals surface area contributed by atoms with Gasteiger partial charge in [-0.05, 0) is 86.1 Å². The van der Waals surface area contributed by atoms with E-state index >= 15 is 0 Å². The number of aryl methyl sites for hydroxylation is 1. The fourth-order valence-corrected chi connectivity index (χ4v) is 5.12. The SMILES string of the molecule is CCOC(=O)CCc1ccc([C@H]2CCC(CN[C@H](C)c3ccc(F)c4ccccc34)C2)cc1. The Labute approximate surface area is 196 Å². The van der Waals surface area contributed by atoms with Crippen molar-refractivity contribution in [1.82, 2.24) is 5.32 Å². The first-order chi connectivity index (χ1) is 16.0. The smallest absolute Gasteiger partial charge is 0.306 e. The van der Waals surface area contributed by atoms with Crippen LogP contribution in [0.25, 0.3) is 10.8 Å². The van der Waals surface area contributed by atoms with Crippen molar-refractivity contribution in [3.05, 3.63) is 83.2 Å². The quantitative estimate of drug-likeness (QED) is 0.371. The second-order valence-corrected chi connectivity index (χ2v) is 9.23. The highest BCUT2D eigenvalue weighted by Gasteiger charge is 2.26. The van der Waals surface area contributed by atoms with Crippen LogP contribution in [-0.2, 0) is 16.0 Å². The molecule has 0 radical (unpaired) electrons. The molecule has 1 aliphatic rings. The Morgan fingerprint density at radius 2 is 1.82 bits per heavy atom. The van der Waals surface area contributed by atoms with Gasteiger partial charge in [-0.2, -0.15) is 0 Å². The van der Waals surface area contributed by atoms with Gasteiger partial charge in [0.2, 0.25) is 0 Å². The maximum atomic E-state index is 14.2. The molecule has 1 unspecified atom stereocenters. The molecule has 33 heavy (non-hydrogen) atoms. The molecule has 1 N–H and O–H groups in total. The Balaban J connectivity index is 1.29. The van der Waals surface area contributed by atoms with Gasteiger partial charge >= 0.3 is 5.97 Å². The molecule has 4 heteroatoms. The zero-order valence-corrected chi connectivity index (χ0v) is 19.6. The first-order valence-electron chi connectivity index (χ1n) is 12.2. The highest BCUT2D eigenvalue weighted by molar-refractivity contribution is 5.86. The van der Waals surface area contributed by atoms with Crippen molar-refractivity contribution in [3.63, 3.8) is 0 Å². The number of hydrogen-bond donors (Lipinski definition) is 1. The number of halogens is 1. The number of fused-ring (bicyclic) bond motifs is 1. The molecule has 1 aliphatic carbocycles. The molecule has 3 aromatic rings. The van der Waals surface area contributed by atoms with Crippen molar-refractivity contribution in [2.24, 2.45) is 5.92 Å². The molecule has 4 rings (SSSR count). The predicted molar refractivity (Wildman–Crippen MR) is 132 cm³/mol. The van der Waals surface area contributed by atoms with Crippen molar-refractivity contribution in [1.29, 1.82) is 0 Å². The molecule has 0 aromatic heterocycles. The van der Waals surface area contributed by atoms with Gasteiger partial charge in [-0.1, -0.05) is 54.6 Å². The standard InChI is InChI=1S/C29H34FNO2/c1-3-33-29(32)17-11-21-8-12-23(13-9-21)24-14-10-22(18-24)19-31-20(2)25-15-16-28(30)27-7-5-4-6-26(25)27/h4-9,12-13,15-16,20,22,24,31H,3,10-11,14,17-19H2,1-2H3/t20-,22?,24+/m1/s1. The molecule has 0 bridgehead atoms. The average Bonchev–Trinajstić information content (AvgIpc) is 3.31. The number of carbonyl (C=O) groups is 1. The summed E-state index contributed by atoms with van der Waals surface area (Å²) in [5, 5.41) is 5.39. The van der Waals surface area contributed by atoms with E-state index in [0.29, 0.717) is 30.2 Å². The maximum Gasteiger partial charge on any atom is 0.306 e. The molecule has 0 aliphatic heterocycles. The fourth-order valence-electron chi connectivity index (χ4n) is 5.12. The van der Waals surface area contributed by atoms with E-state index in [1.807, 2.05) is 37.3 Å². The third kappa shape index (κ3) is 5.80. The van der Waals surface area contributed by atoms with E-state index in [-0.39, 0.29) is 17.8 Å². The molecule has 3 aromatic carbocycles. The van der Waals surface area contributed by atoms with Crippen LogP contribution in [-0.4, -0.2) is 19.1 Å². The van der Waals surface area contributed by atoms with Gasteiger partial charge in [0, 0.05) is 17.8 Å². The average molecular weight is 448 g/mol. The van der Waals surface area contributed by atoms with Gasteiger partial charge in [-0.25, -0.2) is 4.39 Å².